The number of hydrogen-bond acceptors (Lipinski definition) is 2. The Morgan fingerprint density at radius 1 is 0.591 bits per heavy atom. The Balaban J connectivity index is 0.00000220. The zero-order chi connectivity index (χ0) is 14.2. The summed E-state index contributed by atoms with van der Waals surface area (Å²) < 4.78 is 0. The molecule has 0 atom stereocenters. The highest BCUT2D eigenvalue weighted by Gasteiger charge is 1.95. The molecule has 0 saturated heterocycles. The van der Waals surface area contributed by atoms with Gasteiger partial charge in [0.2, 0.25) is 0 Å². The minimum absolute atomic E-state index is 0. The number of azo groups is 1. The van der Waals surface area contributed by atoms with Crippen molar-refractivity contribution in [3.05, 3.63) is 59.7 Å². The lowest BCUT2D eigenvalue weighted by Gasteiger charge is -1.99. The zero-order valence-corrected chi connectivity index (χ0v) is 14.0. The van der Waals surface area contributed by atoms with Gasteiger partial charge in [-0.05, 0) is 35.4 Å². The van der Waals surface area contributed by atoms with E-state index < -0.39 is 0 Å². The van der Waals surface area contributed by atoms with Gasteiger partial charge >= 0.3 is 0 Å². The Kier molecular flexibility index (Phi) is 10.4. The van der Waals surface area contributed by atoms with E-state index in [2.05, 4.69) is 46.0 Å². The molecule has 4 nitrogen and oxygen atoms in total. The van der Waals surface area contributed by atoms with Crippen LogP contribution in [-0.2, 0) is 12.8 Å². The van der Waals surface area contributed by atoms with Crippen molar-refractivity contribution in [1.29, 1.82) is 0 Å². The van der Waals surface area contributed by atoms with Gasteiger partial charge in [0, 0.05) is 12.8 Å². The minimum Gasteiger partial charge on any atom is -1.00 e. The molecule has 0 bridgehead atoms. The smallest absolute Gasteiger partial charge is 0.0857 e. The first-order valence-electron chi connectivity index (χ1n) is 7.00. The second-order valence-electron chi connectivity index (χ2n) is 4.74. The standard InChI is InChI=1S/C16H20N4.2ClH/c17-11-9-13-1-5-15(6-2-13)19-20-16-7-3-14(4-8-16)10-12-18;;/h1-8H,9-12,17-18H2;2*1H. The van der Waals surface area contributed by atoms with Crippen LogP contribution in [0.4, 0.5) is 11.4 Å². The second-order valence-corrected chi connectivity index (χ2v) is 4.74. The van der Waals surface area contributed by atoms with Crippen molar-refractivity contribution < 1.29 is 36.3 Å². The summed E-state index contributed by atoms with van der Waals surface area (Å²) in [6.45, 7) is 1.83. The maximum absolute atomic E-state index is 4.25. The van der Waals surface area contributed by atoms with E-state index in [1.807, 2.05) is 24.3 Å². The summed E-state index contributed by atoms with van der Waals surface area (Å²) >= 11 is 0. The Morgan fingerprint density at radius 3 is 1.18 bits per heavy atom. The van der Waals surface area contributed by atoms with Crippen LogP contribution < -0.4 is 36.3 Å². The molecule has 0 radical (unpaired) electrons. The molecule has 22 heavy (non-hydrogen) atoms. The van der Waals surface area contributed by atoms with Crippen molar-refractivity contribution in [2.24, 2.45) is 10.2 Å². The molecule has 2 aromatic rings. The van der Waals surface area contributed by atoms with Crippen LogP contribution in [0.3, 0.4) is 0 Å². The summed E-state index contributed by atoms with van der Waals surface area (Å²) in [4.78, 5) is 0. The third kappa shape index (κ3) is 6.54. The largest absolute Gasteiger partial charge is 1.00 e. The van der Waals surface area contributed by atoms with Crippen LogP contribution in [0.25, 0.3) is 0 Å². The van der Waals surface area contributed by atoms with Crippen LogP contribution in [-0.4, -0.2) is 13.1 Å². The fourth-order valence-corrected chi connectivity index (χ4v) is 1.98. The highest BCUT2D eigenvalue weighted by molar-refractivity contribution is 5.42. The van der Waals surface area contributed by atoms with E-state index in [1.54, 1.807) is 0 Å². The van der Waals surface area contributed by atoms with Gasteiger partial charge in [0.15, 0.2) is 0 Å². The maximum Gasteiger partial charge on any atom is 0.0857 e. The van der Waals surface area contributed by atoms with E-state index in [0.717, 1.165) is 37.3 Å². The molecule has 2 aromatic carbocycles. The molecule has 0 heterocycles. The van der Waals surface area contributed by atoms with Crippen LogP contribution in [0.1, 0.15) is 11.1 Å². The minimum atomic E-state index is 0. The summed E-state index contributed by atoms with van der Waals surface area (Å²) in [5.74, 6) is 0. The molecular formula is C16H22Cl2N4. The quantitative estimate of drug-likeness (QED) is 0.499. The summed E-state index contributed by atoms with van der Waals surface area (Å²) in [5, 5.41) is 8.50. The first-order valence-corrected chi connectivity index (χ1v) is 7.00. The van der Waals surface area contributed by atoms with E-state index in [0.29, 0.717) is 0 Å². The van der Waals surface area contributed by atoms with Crippen molar-refractivity contribution in [1.82, 2.24) is 0 Å². The number of benzene rings is 2. The van der Waals surface area contributed by atoms with Crippen molar-refractivity contribution in [3.63, 3.8) is 0 Å². The van der Waals surface area contributed by atoms with Crippen molar-refractivity contribution in [3.8, 4) is 0 Å². The predicted octanol–water partition coefficient (Wildman–Crippen LogP) is -4.32. The van der Waals surface area contributed by atoms with E-state index in [9.17, 15) is 0 Å². The van der Waals surface area contributed by atoms with Gasteiger partial charge in [0.25, 0.3) is 0 Å². The van der Waals surface area contributed by atoms with E-state index in [1.165, 1.54) is 11.1 Å². The lowest BCUT2D eigenvalue weighted by molar-refractivity contribution is -0.367. The molecule has 0 aliphatic carbocycles. The number of nitrogens with zero attached hydrogens (tertiary/aromatic N) is 2. The van der Waals surface area contributed by atoms with Gasteiger partial charge in [0.05, 0.1) is 24.5 Å². The number of halogens is 2. The summed E-state index contributed by atoms with van der Waals surface area (Å²) in [6.07, 6.45) is 2.01. The molecule has 0 aromatic heterocycles. The number of rotatable bonds is 6. The molecule has 0 amide bonds. The first kappa shape index (κ1) is 20.5. The highest BCUT2D eigenvalue weighted by atomic mass is 35.5. The highest BCUT2D eigenvalue weighted by Crippen LogP contribution is 2.19. The van der Waals surface area contributed by atoms with Crippen LogP contribution in [0.15, 0.2) is 58.8 Å². The summed E-state index contributed by atoms with van der Waals surface area (Å²) in [5.41, 5.74) is 12.0. The maximum atomic E-state index is 4.25. The van der Waals surface area contributed by atoms with E-state index in [4.69, 9.17) is 0 Å². The fourth-order valence-electron chi connectivity index (χ4n) is 1.98. The van der Waals surface area contributed by atoms with Crippen molar-refractivity contribution in [2.75, 3.05) is 13.1 Å². The lowest BCUT2D eigenvalue weighted by Crippen LogP contribution is -3.00. The van der Waals surface area contributed by atoms with E-state index >= 15 is 0 Å². The topological polar surface area (TPSA) is 80.0 Å². The zero-order valence-electron chi connectivity index (χ0n) is 12.5. The Bertz CT molecular complexity index is 502. The average molecular weight is 341 g/mol. The Labute approximate surface area is 143 Å². The molecule has 0 saturated carbocycles. The van der Waals surface area contributed by atoms with Crippen LogP contribution in [0.5, 0.6) is 0 Å². The molecule has 6 heteroatoms. The molecular weight excluding hydrogens is 319 g/mol. The van der Waals surface area contributed by atoms with Crippen molar-refractivity contribution in [2.45, 2.75) is 12.8 Å². The molecule has 0 unspecified atom stereocenters. The van der Waals surface area contributed by atoms with E-state index in [-0.39, 0.29) is 24.8 Å². The first-order chi connectivity index (χ1) is 9.81. The summed E-state index contributed by atoms with van der Waals surface area (Å²) in [6, 6.07) is 16.3. The van der Waals surface area contributed by atoms with Crippen LogP contribution >= 0.6 is 0 Å². The van der Waals surface area contributed by atoms with Gasteiger partial charge in [-0.25, -0.2) is 0 Å². The number of hydrogen-bond donors (Lipinski definition) is 2. The Morgan fingerprint density at radius 2 is 0.909 bits per heavy atom. The summed E-state index contributed by atoms with van der Waals surface area (Å²) in [7, 11) is 0. The van der Waals surface area contributed by atoms with Gasteiger partial charge in [-0.2, -0.15) is 10.2 Å². The van der Waals surface area contributed by atoms with Gasteiger partial charge in [-0.3, -0.25) is 0 Å². The third-order valence-electron chi connectivity index (χ3n) is 3.08. The molecule has 0 fully saturated rings. The molecule has 120 valence electrons. The normalized spacial score (nSPS) is 10.1. The molecule has 0 aliphatic heterocycles. The van der Waals surface area contributed by atoms with Gasteiger partial charge in [-0.15, -0.1) is 0 Å². The molecule has 0 aliphatic rings. The molecule has 2 rings (SSSR count). The van der Waals surface area contributed by atoms with Crippen LogP contribution in [0.2, 0.25) is 0 Å². The second kappa shape index (κ2) is 11.2. The Hall–Kier alpha value is -1.46. The third-order valence-corrected chi connectivity index (χ3v) is 3.08. The van der Waals surface area contributed by atoms with Crippen LogP contribution in [0, 0.1) is 0 Å². The van der Waals surface area contributed by atoms with Gasteiger partial charge in [0.1, 0.15) is 0 Å². The molecule has 0 spiro atoms. The van der Waals surface area contributed by atoms with Gasteiger partial charge < -0.3 is 36.3 Å². The average Bonchev–Trinajstić information content (AvgIpc) is 2.49. The fraction of sp³-hybridized carbons (Fsp3) is 0.250. The molecule has 6 N–H and O–H groups in total. The predicted molar refractivity (Wildman–Crippen MR) is 80.0 cm³/mol. The monoisotopic (exact) mass is 340 g/mol. The van der Waals surface area contributed by atoms with Crippen molar-refractivity contribution >= 4 is 11.4 Å². The number of quaternary nitrogens is 2. The SMILES string of the molecule is [Cl-].[Cl-].[NH3+]CCc1ccc(N=Nc2ccc(CC[NH3+])cc2)cc1. The van der Waals surface area contributed by atoms with Gasteiger partial charge in [-0.1, -0.05) is 24.3 Å². The lowest BCUT2D eigenvalue weighted by atomic mass is 10.1.